The first-order valence-corrected chi connectivity index (χ1v) is 5.30. The predicted molar refractivity (Wildman–Crippen MR) is 67.9 cm³/mol. The van der Waals surface area contributed by atoms with Gasteiger partial charge in [-0.3, -0.25) is 0 Å². The Hall–Kier alpha value is -2.29. The van der Waals surface area contributed by atoms with E-state index >= 15 is 0 Å². The van der Waals surface area contributed by atoms with Crippen LogP contribution in [-0.2, 0) is 0 Å². The molecule has 0 aliphatic carbocycles. The minimum atomic E-state index is 0.614. The van der Waals surface area contributed by atoms with Gasteiger partial charge >= 0.3 is 0 Å². The Balaban J connectivity index is 2.23. The highest BCUT2D eigenvalue weighted by Gasteiger charge is 2.00. The predicted octanol–water partition coefficient (Wildman–Crippen LogP) is 2.96. The molecule has 0 fully saturated rings. The third-order valence-electron chi connectivity index (χ3n) is 2.39. The van der Waals surface area contributed by atoms with Crippen molar-refractivity contribution < 1.29 is 9.48 Å². The van der Waals surface area contributed by atoms with Crippen LogP contribution in [0.3, 0.4) is 0 Å². The summed E-state index contributed by atoms with van der Waals surface area (Å²) in [6, 6.07) is 16.4. The van der Waals surface area contributed by atoms with Crippen LogP contribution in [-0.4, -0.2) is 18.1 Å². The molecule has 3 nitrogen and oxygen atoms in total. The van der Waals surface area contributed by atoms with Crippen molar-refractivity contribution in [2.45, 2.75) is 0 Å². The molecule has 2 aromatic carbocycles. The second-order valence-corrected chi connectivity index (χ2v) is 3.56. The standard InChI is InChI=1S/C14H13NO2/c1-17-14-9-7-12(8-10-14)11-15(16)13-5-3-2-4-6-13/h2-11H,1H3. The van der Waals surface area contributed by atoms with Gasteiger partial charge in [-0.05, 0) is 24.3 Å². The summed E-state index contributed by atoms with van der Waals surface area (Å²) in [5.41, 5.74) is 1.45. The highest BCUT2D eigenvalue weighted by molar-refractivity contribution is 5.76. The minimum Gasteiger partial charge on any atom is -0.618 e. The number of hydrogen-bond acceptors (Lipinski definition) is 2. The van der Waals surface area contributed by atoms with Gasteiger partial charge in [-0.15, -0.1) is 0 Å². The van der Waals surface area contributed by atoms with E-state index in [9.17, 15) is 5.21 Å². The molecule has 0 bridgehead atoms. The van der Waals surface area contributed by atoms with Gasteiger partial charge in [0.05, 0.1) is 7.11 Å². The summed E-state index contributed by atoms with van der Waals surface area (Å²) in [4.78, 5) is 0. The zero-order valence-corrected chi connectivity index (χ0v) is 9.54. The van der Waals surface area contributed by atoms with Gasteiger partial charge in [-0.2, -0.15) is 4.74 Å². The molecule has 0 N–H and O–H groups in total. The highest BCUT2D eigenvalue weighted by Crippen LogP contribution is 2.12. The number of hydrogen-bond donors (Lipinski definition) is 0. The van der Waals surface area contributed by atoms with E-state index in [1.165, 1.54) is 6.21 Å². The maximum Gasteiger partial charge on any atom is 0.216 e. The molecule has 3 heteroatoms. The van der Waals surface area contributed by atoms with E-state index in [-0.39, 0.29) is 0 Å². The average Bonchev–Trinajstić information content (AvgIpc) is 2.40. The molecule has 0 aliphatic rings. The summed E-state index contributed by atoms with van der Waals surface area (Å²) in [6.07, 6.45) is 1.54. The molecule has 0 radical (unpaired) electrons. The number of benzene rings is 2. The topological polar surface area (TPSA) is 35.3 Å². The molecule has 2 aromatic rings. The van der Waals surface area contributed by atoms with Crippen molar-refractivity contribution >= 4 is 11.9 Å². The van der Waals surface area contributed by atoms with Gasteiger partial charge in [0.1, 0.15) is 5.75 Å². The van der Waals surface area contributed by atoms with Crippen molar-refractivity contribution in [3.8, 4) is 5.75 Å². The van der Waals surface area contributed by atoms with Crippen LogP contribution >= 0.6 is 0 Å². The van der Waals surface area contributed by atoms with Crippen LogP contribution in [0.15, 0.2) is 54.6 Å². The Morgan fingerprint density at radius 2 is 1.65 bits per heavy atom. The van der Waals surface area contributed by atoms with Crippen LogP contribution in [0.1, 0.15) is 5.56 Å². The molecule has 17 heavy (non-hydrogen) atoms. The third-order valence-corrected chi connectivity index (χ3v) is 2.39. The molecular formula is C14H13NO2. The zero-order valence-electron chi connectivity index (χ0n) is 9.54. The average molecular weight is 227 g/mol. The van der Waals surface area contributed by atoms with E-state index in [4.69, 9.17) is 4.74 Å². The second kappa shape index (κ2) is 5.16. The van der Waals surface area contributed by atoms with E-state index in [2.05, 4.69) is 0 Å². The molecule has 0 aliphatic heterocycles. The lowest BCUT2D eigenvalue weighted by Gasteiger charge is -2.03. The zero-order chi connectivity index (χ0) is 12.1. The fourth-order valence-corrected chi connectivity index (χ4v) is 1.47. The first kappa shape index (κ1) is 11.2. The van der Waals surface area contributed by atoms with Gasteiger partial charge in [-0.25, -0.2) is 0 Å². The molecule has 0 saturated heterocycles. The van der Waals surface area contributed by atoms with Crippen molar-refractivity contribution in [1.82, 2.24) is 0 Å². The van der Waals surface area contributed by atoms with Crippen LogP contribution in [0.5, 0.6) is 5.75 Å². The van der Waals surface area contributed by atoms with Crippen molar-refractivity contribution in [1.29, 1.82) is 0 Å². The summed E-state index contributed by atoms with van der Waals surface area (Å²) in [5.74, 6) is 0.777. The maximum absolute atomic E-state index is 11.8. The van der Waals surface area contributed by atoms with Gasteiger partial charge in [0.2, 0.25) is 5.69 Å². The Labute approximate surface area is 100 Å². The van der Waals surface area contributed by atoms with E-state index in [1.54, 1.807) is 19.2 Å². The Bertz CT molecular complexity index is 504. The van der Waals surface area contributed by atoms with Crippen molar-refractivity contribution in [3.05, 3.63) is 65.4 Å². The smallest absolute Gasteiger partial charge is 0.216 e. The summed E-state index contributed by atoms with van der Waals surface area (Å²) in [5, 5.41) is 11.8. The van der Waals surface area contributed by atoms with Gasteiger partial charge in [-0.1, -0.05) is 18.2 Å². The van der Waals surface area contributed by atoms with Crippen LogP contribution < -0.4 is 4.74 Å². The van der Waals surface area contributed by atoms with Gasteiger partial charge in [0.25, 0.3) is 0 Å². The van der Waals surface area contributed by atoms with Crippen molar-refractivity contribution in [2.24, 2.45) is 0 Å². The molecule has 0 heterocycles. The number of ether oxygens (including phenoxy) is 1. The number of nitrogens with zero attached hydrogens (tertiary/aromatic N) is 1. The molecule has 0 saturated carbocycles. The normalized spacial score (nSPS) is 11.2. The fraction of sp³-hybridized carbons (Fsp3) is 0.0714. The lowest BCUT2D eigenvalue weighted by molar-refractivity contribution is -0.354. The van der Waals surface area contributed by atoms with Crippen LogP contribution in [0.25, 0.3) is 0 Å². The quantitative estimate of drug-likeness (QED) is 0.350. The lowest BCUT2D eigenvalue weighted by atomic mass is 10.2. The van der Waals surface area contributed by atoms with Crippen molar-refractivity contribution in [2.75, 3.05) is 7.11 Å². The SMILES string of the molecule is COc1ccc(C=[N+]([O-])c2ccccc2)cc1. The van der Waals surface area contributed by atoms with Gasteiger partial charge in [0, 0.05) is 17.7 Å². The van der Waals surface area contributed by atoms with E-state index < -0.39 is 0 Å². The van der Waals surface area contributed by atoms with E-state index in [0.717, 1.165) is 16.1 Å². The van der Waals surface area contributed by atoms with Crippen LogP contribution in [0.4, 0.5) is 5.69 Å². The van der Waals surface area contributed by atoms with Gasteiger partial charge in [0.15, 0.2) is 6.21 Å². The Morgan fingerprint density at radius 3 is 2.24 bits per heavy atom. The summed E-state index contributed by atoms with van der Waals surface area (Å²) < 4.78 is 5.90. The summed E-state index contributed by atoms with van der Waals surface area (Å²) in [6.45, 7) is 0. The molecule has 86 valence electrons. The largest absolute Gasteiger partial charge is 0.618 e. The monoisotopic (exact) mass is 227 g/mol. The van der Waals surface area contributed by atoms with Gasteiger partial charge < -0.3 is 9.94 Å². The Kier molecular flexibility index (Phi) is 3.40. The van der Waals surface area contributed by atoms with E-state index in [0.29, 0.717) is 5.69 Å². The van der Waals surface area contributed by atoms with E-state index in [1.807, 2.05) is 42.5 Å². The first-order valence-electron chi connectivity index (χ1n) is 5.30. The lowest BCUT2D eigenvalue weighted by Crippen LogP contribution is -1.98. The summed E-state index contributed by atoms with van der Waals surface area (Å²) in [7, 11) is 1.61. The fourth-order valence-electron chi connectivity index (χ4n) is 1.47. The first-order chi connectivity index (χ1) is 8.29. The maximum atomic E-state index is 11.8. The van der Waals surface area contributed by atoms with Crippen LogP contribution in [0, 0.1) is 5.21 Å². The summed E-state index contributed by atoms with van der Waals surface area (Å²) >= 11 is 0. The second-order valence-electron chi connectivity index (χ2n) is 3.56. The molecule has 0 atom stereocenters. The molecule has 0 unspecified atom stereocenters. The highest BCUT2D eigenvalue weighted by atomic mass is 16.5. The Morgan fingerprint density at radius 1 is 1.00 bits per heavy atom. The number of para-hydroxylation sites is 1. The molecule has 0 spiro atoms. The van der Waals surface area contributed by atoms with Crippen LogP contribution in [0.2, 0.25) is 0 Å². The number of rotatable bonds is 3. The van der Waals surface area contributed by atoms with Crippen molar-refractivity contribution in [3.63, 3.8) is 0 Å². The molecule has 0 amide bonds. The third kappa shape index (κ3) is 2.84. The minimum absolute atomic E-state index is 0.614. The molecule has 2 rings (SSSR count). The molecule has 0 aromatic heterocycles. The number of methoxy groups -OCH3 is 1. The molecular weight excluding hydrogens is 214 g/mol.